The number of rotatable bonds is 4. The first-order valence-corrected chi connectivity index (χ1v) is 7.05. The number of nitrogens with one attached hydrogen (secondary N) is 1. The highest BCUT2D eigenvalue weighted by atomic mass is 16.5. The van der Waals surface area contributed by atoms with Crippen molar-refractivity contribution in [3.8, 4) is 5.88 Å². The number of nitrogens with zero attached hydrogens (tertiary/aromatic N) is 1. The maximum Gasteiger partial charge on any atom is 0.237 e. The second kappa shape index (κ2) is 6.07. The van der Waals surface area contributed by atoms with Gasteiger partial charge in [-0.05, 0) is 50.2 Å². The molecule has 1 N–H and O–H groups in total. The van der Waals surface area contributed by atoms with Crippen molar-refractivity contribution in [2.45, 2.75) is 46.1 Å². The van der Waals surface area contributed by atoms with Crippen LogP contribution in [0.25, 0.3) is 0 Å². The highest BCUT2D eigenvalue weighted by Crippen LogP contribution is 2.32. The number of hydrogen-bond donors (Lipinski definition) is 1. The molecular formula is C15H24N2O. The van der Waals surface area contributed by atoms with E-state index >= 15 is 0 Å². The fraction of sp³-hybridized carbons (Fsp3) is 0.667. The van der Waals surface area contributed by atoms with Crippen LogP contribution in [-0.4, -0.2) is 17.6 Å². The first kappa shape index (κ1) is 13.2. The van der Waals surface area contributed by atoms with Gasteiger partial charge in [-0.15, -0.1) is 0 Å². The van der Waals surface area contributed by atoms with Gasteiger partial charge in [0, 0.05) is 12.2 Å². The van der Waals surface area contributed by atoms with Crippen LogP contribution in [0.5, 0.6) is 5.88 Å². The van der Waals surface area contributed by atoms with Gasteiger partial charge in [-0.2, -0.15) is 0 Å². The Morgan fingerprint density at radius 1 is 1.33 bits per heavy atom. The molecule has 1 heterocycles. The van der Waals surface area contributed by atoms with E-state index in [1.165, 1.54) is 19.3 Å². The van der Waals surface area contributed by atoms with E-state index in [1.807, 2.05) is 13.0 Å². The molecule has 1 aliphatic carbocycles. The average Bonchev–Trinajstić information content (AvgIpc) is 2.37. The molecule has 18 heavy (non-hydrogen) atoms. The minimum Gasteiger partial charge on any atom is -0.476 e. The van der Waals surface area contributed by atoms with Crippen LogP contribution in [0.15, 0.2) is 18.3 Å². The van der Waals surface area contributed by atoms with Gasteiger partial charge in [-0.3, -0.25) is 0 Å². The zero-order chi connectivity index (χ0) is 13.0. The molecule has 3 heteroatoms. The van der Waals surface area contributed by atoms with Crippen molar-refractivity contribution >= 4 is 5.69 Å². The number of hydrogen-bond acceptors (Lipinski definition) is 3. The molecule has 100 valence electrons. The van der Waals surface area contributed by atoms with Gasteiger partial charge in [-0.25, -0.2) is 4.98 Å². The van der Waals surface area contributed by atoms with Crippen LogP contribution in [-0.2, 0) is 0 Å². The summed E-state index contributed by atoms with van der Waals surface area (Å²) in [4.78, 5) is 4.28. The van der Waals surface area contributed by atoms with Crippen LogP contribution in [0.4, 0.5) is 5.69 Å². The third-order valence-corrected chi connectivity index (χ3v) is 4.01. The molecule has 1 aromatic heterocycles. The summed E-state index contributed by atoms with van der Waals surface area (Å²) in [7, 11) is 0. The third-order valence-electron chi connectivity index (χ3n) is 4.01. The molecule has 3 atom stereocenters. The van der Waals surface area contributed by atoms with Crippen molar-refractivity contribution in [1.29, 1.82) is 0 Å². The van der Waals surface area contributed by atoms with Crippen molar-refractivity contribution in [3.05, 3.63) is 18.3 Å². The van der Waals surface area contributed by atoms with Gasteiger partial charge in [0.1, 0.15) is 0 Å². The second-order valence-electron chi connectivity index (χ2n) is 5.40. The maximum atomic E-state index is 5.55. The molecule has 3 unspecified atom stereocenters. The Morgan fingerprint density at radius 3 is 2.89 bits per heavy atom. The Hall–Kier alpha value is -1.25. The Labute approximate surface area is 110 Å². The van der Waals surface area contributed by atoms with E-state index in [1.54, 1.807) is 6.20 Å². The van der Waals surface area contributed by atoms with Crippen molar-refractivity contribution in [2.75, 3.05) is 11.9 Å². The van der Waals surface area contributed by atoms with Crippen molar-refractivity contribution in [1.82, 2.24) is 4.98 Å². The van der Waals surface area contributed by atoms with Gasteiger partial charge < -0.3 is 10.1 Å². The molecule has 1 aromatic rings. The van der Waals surface area contributed by atoms with Gasteiger partial charge in [-0.1, -0.05) is 13.8 Å². The molecule has 0 aliphatic heterocycles. The predicted octanol–water partition coefficient (Wildman–Crippen LogP) is 3.72. The lowest BCUT2D eigenvalue weighted by atomic mass is 9.79. The summed E-state index contributed by atoms with van der Waals surface area (Å²) >= 11 is 0. The highest BCUT2D eigenvalue weighted by Gasteiger charge is 2.24. The fourth-order valence-corrected chi connectivity index (χ4v) is 2.65. The lowest BCUT2D eigenvalue weighted by Gasteiger charge is -2.33. The van der Waals surface area contributed by atoms with Crippen molar-refractivity contribution in [2.24, 2.45) is 11.8 Å². The Kier molecular flexibility index (Phi) is 4.45. The molecule has 0 saturated heterocycles. The van der Waals surface area contributed by atoms with Gasteiger partial charge in [0.25, 0.3) is 0 Å². The molecule has 0 bridgehead atoms. The largest absolute Gasteiger partial charge is 0.476 e. The van der Waals surface area contributed by atoms with Crippen LogP contribution in [0.3, 0.4) is 0 Å². The molecule has 2 rings (SSSR count). The number of pyridine rings is 1. The Morgan fingerprint density at radius 2 is 2.17 bits per heavy atom. The van der Waals surface area contributed by atoms with Crippen LogP contribution < -0.4 is 10.1 Å². The van der Waals surface area contributed by atoms with E-state index in [9.17, 15) is 0 Å². The highest BCUT2D eigenvalue weighted by molar-refractivity contribution is 5.52. The monoisotopic (exact) mass is 248 g/mol. The number of ether oxygens (including phenoxy) is 1. The van der Waals surface area contributed by atoms with E-state index in [2.05, 4.69) is 30.2 Å². The second-order valence-corrected chi connectivity index (χ2v) is 5.40. The number of anilines is 1. The molecule has 0 amide bonds. The Bertz CT molecular complexity index is 381. The zero-order valence-electron chi connectivity index (χ0n) is 11.6. The van der Waals surface area contributed by atoms with Crippen LogP contribution in [0, 0.1) is 11.8 Å². The first-order chi connectivity index (χ1) is 8.70. The Balaban J connectivity index is 2.01. The lowest BCUT2D eigenvalue weighted by molar-refractivity contribution is 0.260. The first-order valence-electron chi connectivity index (χ1n) is 7.05. The van der Waals surface area contributed by atoms with Gasteiger partial charge in [0.05, 0.1) is 12.3 Å². The van der Waals surface area contributed by atoms with Gasteiger partial charge in [0.15, 0.2) is 0 Å². The average molecular weight is 248 g/mol. The summed E-state index contributed by atoms with van der Waals surface area (Å²) in [5.41, 5.74) is 1.03. The van der Waals surface area contributed by atoms with Crippen LogP contribution >= 0.6 is 0 Å². The summed E-state index contributed by atoms with van der Waals surface area (Å²) in [6.45, 7) is 7.36. The van der Waals surface area contributed by atoms with E-state index in [0.717, 1.165) is 23.4 Å². The third kappa shape index (κ3) is 3.15. The minimum atomic E-state index is 0.555. The summed E-state index contributed by atoms with van der Waals surface area (Å²) in [5, 5.41) is 3.60. The smallest absolute Gasteiger partial charge is 0.237 e. The van der Waals surface area contributed by atoms with E-state index in [0.29, 0.717) is 12.6 Å². The number of aromatic nitrogens is 1. The normalized spacial score (nSPS) is 27.8. The lowest BCUT2D eigenvalue weighted by Crippen LogP contribution is -2.30. The van der Waals surface area contributed by atoms with Crippen molar-refractivity contribution < 1.29 is 4.74 Å². The minimum absolute atomic E-state index is 0.555. The predicted molar refractivity (Wildman–Crippen MR) is 75.0 cm³/mol. The maximum absolute atomic E-state index is 5.55. The molecule has 0 radical (unpaired) electrons. The molecule has 0 aromatic carbocycles. The molecule has 1 aliphatic rings. The van der Waals surface area contributed by atoms with Crippen molar-refractivity contribution in [3.63, 3.8) is 0 Å². The van der Waals surface area contributed by atoms with Crippen LogP contribution in [0.2, 0.25) is 0 Å². The van der Waals surface area contributed by atoms with Gasteiger partial charge in [0.2, 0.25) is 5.88 Å². The quantitative estimate of drug-likeness (QED) is 0.882. The molecule has 1 saturated carbocycles. The summed E-state index contributed by atoms with van der Waals surface area (Å²) in [6, 6.07) is 4.57. The molecule has 0 spiro atoms. The van der Waals surface area contributed by atoms with Gasteiger partial charge >= 0.3 is 0 Å². The molecule has 3 nitrogen and oxygen atoms in total. The topological polar surface area (TPSA) is 34.1 Å². The zero-order valence-corrected chi connectivity index (χ0v) is 11.6. The SMILES string of the molecule is CCOc1ncccc1NC1CCC(C)C(C)C1. The van der Waals surface area contributed by atoms with E-state index in [-0.39, 0.29) is 0 Å². The summed E-state index contributed by atoms with van der Waals surface area (Å²) < 4.78 is 5.55. The summed E-state index contributed by atoms with van der Waals surface area (Å²) in [6.07, 6.45) is 5.57. The summed E-state index contributed by atoms with van der Waals surface area (Å²) in [5.74, 6) is 2.37. The van der Waals surface area contributed by atoms with E-state index in [4.69, 9.17) is 4.74 Å². The standard InChI is InChI=1S/C15H24N2O/c1-4-18-15-14(6-5-9-16-15)17-13-8-7-11(2)12(3)10-13/h5-6,9,11-13,17H,4,7-8,10H2,1-3H3. The van der Waals surface area contributed by atoms with Crippen LogP contribution in [0.1, 0.15) is 40.0 Å². The molecule has 1 fully saturated rings. The molecular weight excluding hydrogens is 224 g/mol. The van der Waals surface area contributed by atoms with E-state index < -0.39 is 0 Å². The fourth-order valence-electron chi connectivity index (χ4n) is 2.65.